The number of hydrogen-bond acceptors (Lipinski definition) is 4. The Morgan fingerprint density at radius 2 is 2.00 bits per heavy atom. The molecule has 128 valence electrons. The lowest BCUT2D eigenvalue weighted by Gasteiger charge is -2.33. The van der Waals surface area contributed by atoms with Crippen molar-refractivity contribution in [2.75, 3.05) is 33.4 Å². The van der Waals surface area contributed by atoms with E-state index in [-0.39, 0.29) is 0 Å². The van der Waals surface area contributed by atoms with Crippen LogP contribution in [0.1, 0.15) is 18.4 Å². The number of methoxy groups -OCH3 is 1. The van der Waals surface area contributed by atoms with Gasteiger partial charge in [0.1, 0.15) is 5.75 Å². The zero-order chi connectivity index (χ0) is 16.4. The minimum absolute atomic E-state index is 0.323. The monoisotopic (exact) mass is 326 g/mol. The van der Waals surface area contributed by atoms with Gasteiger partial charge in [0.2, 0.25) is 0 Å². The number of nitrogens with zero attached hydrogens (tertiary/aromatic N) is 1. The van der Waals surface area contributed by atoms with E-state index in [9.17, 15) is 0 Å². The van der Waals surface area contributed by atoms with E-state index in [0.29, 0.717) is 6.10 Å². The summed E-state index contributed by atoms with van der Waals surface area (Å²) in [7, 11) is 1.71. The summed E-state index contributed by atoms with van der Waals surface area (Å²) in [6, 6.07) is 13.7. The van der Waals surface area contributed by atoms with Crippen molar-refractivity contribution in [2.45, 2.75) is 31.5 Å². The first-order valence-electron chi connectivity index (χ1n) is 8.95. The molecule has 2 aliphatic rings. The van der Waals surface area contributed by atoms with Crippen LogP contribution in [0.25, 0.3) is 10.8 Å². The molecule has 1 heterocycles. The zero-order valence-electron chi connectivity index (χ0n) is 14.3. The highest BCUT2D eigenvalue weighted by Gasteiger charge is 2.32. The first-order chi connectivity index (χ1) is 11.8. The summed E-state index contributed by atoms with van der Waals surface area (Å²) in [5.74, 6) is 0.906. The largest absolute Gasteiger partial charge is 0.497 e. The highest BCUT2D eigenvalue weighted by Crippen LogP contribution is 2.28. The average molecular weight is 326 g/mol. The lowest BCUT2D eigenvalue weighted by Crippen LogP contribution is -2.47. The standard InChI is InChI=1S/C20H26N2O2/c1-23-19-7-4-16-10-15(2-3-17(16)11-19)12-21-13-20-14-22(8-9-24-20)18-5-6-18/h2-4,7,10-11,18,20-21H,5-6,8-9,12-14H2,1H3. The molecule has 0 aromatic heterocycles. The number of morpholine rings is 1. The third-order valence-electron chi connectivity index (χ3n) is 5.05. The Morgan fingerprint density at radius 1 is 1.17 bits per heavy atom. The quantitative estimate of drug-likeness (QED) is 0.885. The summed E-state index contributed by atoms with van der Waals surface area (Å²) >= 11 is 0. The van der Waals surface area contributed by atoms with Crippen molar-refractivity contribution < 1.29 is 9.47 Å². The maximum absolute atomic E-state index is 5.90. The molecule has 2 aromatic carbocycles. The van der Waals surface area contributed by atoms with E-state index >= 15 is 0 Å². The van der Waals surface area contributed by atoms with E-state index in [1.165, 1.54) is 29.2 Å². The maximum atomic E-state index is 5.90. The summed E-state index contributed by atoms with van der Waals surface area (Å²) in [5.41, 5.74) is 1.31. The van der Waals surface area contributed by atoms with E-state index in [4.69, 9.17) is 9.47 Å². The Balaban J connectivity index is 1.31. The number of nitrogens with one attached hydrogen (secondary N) is 1. The Labute approximate surface area is 143 Å². The second-order valence-electron chi connectivity index (χ2n) is 6.90. The van der Waals surface area contributed by atoms with Gasteiger partial charge in [0.25, 0.3) is 0 Å². The minimum atomic E-state index is 0.323. The van der Waals surface area contributed by atoms with Crippen molar-refractivity contribution in [1.82, 2.24) is 10.2 Å². The molecule has 1 atom stereocenters. The number of ether oxygens (including phenoxy) is 2. The molecule has 2 aromatic rings. The number of hydrogen-bond donors (Lipinski definition) is 1. The zero-order valence-corrected chi connectivity index (χ0v) is 14.3. The molecule has 1 unspecified atom stereocenters. The summed E-state index contributed by atoms with van der Waals surface area (Å²) in [4.78, 5) is 2.60. The second kappa shape index (κ2) is 7.09. The number of benzene rings is 2. The fraction of sp³-hybridized carbons (Fsp3) is 0.500. The molecule has 4 rings (SSSR count). The SMILES string of the molecule is COc1ccc2cc(CNCC3CN(C4CC4)CCO3)ccc2c1. The van der Waals surface area contributed by atoms with E-state index in [1.807, 2.05) is 6.07 Å². The lowest BCUT2D eigenvalue weighted by atomic mass is 10.1. The first-order valence-corrected chi connectivity index (χ1v) is 8.95. The average Bonchev–Trinajstić information content (AvgIpc) is 3.47. The van der Waals surface area contributed by atoms with E-state index in [1.54, 1.807) is 7.11 Å². The van der Waals surface area contributed by atoms with Crippen molar-refractivity contribution in [3.8, 4) is 5.75 Å². The van der Waals surface area contributed by atoms with Crippen LogP contribution < -0.4 is 10.1 Å². The second-order valence-corrected chi connectivity index (χ2v) is 6.90. The van der Waals surface area contributed by atoms with Gasteiger partial charge in [-0.1, -0.05) is 18.2 Å². The van der Waals surface area contributed by atoms with Crippen LogP contribution in [0.2, 0.25) is 0 Å². The smallest absolute Gasteiger partial charge is 0.119 e. The Bertz CT molecular complexity index is 699. The van der Waals surface area contributed by atoms with Crippen LogP contribution >= 0.6 is 0 Å². The summed E-state index contributed by atoms with van der Waals surface area (Å²) in [6.45, 7) is 4.86. The van der Waals surface area contributed by atoms with Crippen molar-refractivity contribution in [3.63, 3.8) is 0 Å². The Hall–Kier alpha value is -1.62. The van der Waals surface area contributed by atoms with Crippen LogP contribution in [-0.2, 0) is 11.3 Å². The van der Waals surface area contributed by atoms with Gasteiger partial charge in [-0.05, 0) is 47.4 Å². The molecule has 4 heteroatoms. The van der Waals surface area contributed by atoms with Crippen molar-refractivity contribution in [1.29, 1.82) is 0 Å². The van der Waals surface area contributed by atoms with Gasteiger partial charge in [0.15, 0.2) is 0 Å². The van der Waals surface area contributed by atoms with Crippen LogP contribution in [-0.4, -0.2) is 50.4 Å². The predicted molar refractivity (Wildman–Crippen MR) is 96.5 cm³/mol. The Kier molecular flexibility index (Phi) is 4.69. The third kappa shape index (κ3) is 3.72. The predicted octanol–water partition coefficient (Wildman–Crippen LogP) is 2.80. The van der Waals surface area contributed by atoms with Gasteiger partial charge in [-0.2, -0.15) is 0 Å². The fourth-order valence-corrected chi connectivity index (χ4v) is 3.52. The highest BCUT2D eigenvalue weighted by molar-refractivity contribution is 5.84. The number of rotatable bonds is 6. The molecule has 1 saturated carbocycles. The molecule has 0 spiro atoms. The fourth-order valence-electron chi connectivity index (χ4n) is 3.52. The van der Waals surface area contributed by atoms with Gasteiger partial charge in [0, 0.05) is 32.2 Å². The topological polar surface area (TPSA) is 33.7 Å². The van der Waals surface area contributed by atoms with Gasteiger partial charge < -0.3 is 14.8 Å². The van der Waals surface area contributed by atoms with Gasteiger partial charge in [-0.25, -0.2) is 0 Å². The molecule has 4 nitrogen and oxygen atoms in total. The molecule has 0 amide bonds. The van der Waals surface area contributed by atoms with Gasteiger partial charge in [-0.15, -0.1) is 0 Å². The van der Waals surface area contributed by atoms with E-state index in [2.05, 4.69) is 40.5 Å². The molecule has 1 aliphatic carbocycles. The van der Waals surface area contributed by atoms with Crippen molar-refractivity contribution >= 4 is 10.8 Å². The van der Waals surface area contributed by atoms with Crippen molar-refractivity contribution in [3.05, 3.63) is 42.0 Å². The maximum Gasteiger partial charge on any atom is 0.119 e. The lowest BCUT2D eigenvalue weighted by molar-refractivity contribution is -0.0301. The first kappa shape index (κ1) is 15.9. The molecule has 24 heavy (non-hydrogen) atoms. The van der Waals surface area contributed by atoms with Crippen LogP contribution in [0.4, 0.5) is 0 Å². The molecule has 1 N–H and O–H groups in total. The van der Waals surface area contributed by atoms with E-state index in [0.717, 1.165) is 44.6 Å². The molecule has 0 radical (unpaired) electrons. The highest BCUT2D eigenvalue weighted by atomic mass is 16.5. The Morgan fingerprint density at radius 3 is 2.83 bits per heavy atom. The number of fused-ring (bicyclic) bond motifs is 1. The normalized spacial score (nSPS) is 22.0. The molecule has 2 fully saturated rings. The summed E-state index contributed by atoms with van der Waals surface area (Å²) in [6.07, 6.45) is 3.08. The van der Waals surface area contributed by atoms with Gasteiger partial charge >= 0.3 is 0 Å². The van der Waals surface area contributed by atoms with E-state index < -0.39 is 0 Å². The van der Waals surface area contributed by atoms with Crippen LogP contribution in [0.15, 0.2) is 36.4 Å². The molecular formula is C20H26N2O2. The third-order valence-corrected chi connectivity index (χ3v) is 5.05. The molecule has 1 aliphatic heterocycles. The van der Waals surface area contributed by atoms with Gasteiger partial charge in [-0.3, -0.25) is 4.90 Å². The van der Waals surface area contributed by atoms with Crippen LogP contribution in [0, 0.1) is 0 Å². The molecular weight excluding hydrogens is 300 g/mol. The summed E-state index contributed by atoms with van der Waals surface area (Å²) in [5, 5.41) is 6.03. The minimum Gasteiger partial charge on any atom is -0.497 e. The molecule has 0 bridgehead atoms. The van der Waals surface area contributed by atoms with Crippen LogP contribution in [0.5, 0.6) is 5.75 Å². The van der Waals surface area contributed by atoms with Crippen molar-refractivity contribution in [2.24, 2.45) is 0 Å². The summed E-state index contributed by atoms with van der Waals surface area (Å²) < 4.78 is 11.2. The van der Waals surface area contributed by atoms with Crippen LogP contribution in [0.3, 0.4) is 0 Å². The van der Waals surface area contributed by atoms with Gasteiger partial charge in [0.05, 0.1) is 19.8 Å². The molecule has 1 saturated heterocycles.